The molecule has 25 heavy (non-hydrogen) atoms. The number of aryl methyl sites for hydroxylation is 1. The molecule has 0 aliphatic carbocycles. The van der Waals surface area contributed by atoms with Crippen molar-refractivity contribution in [2.24, 2.45) is 5.92 Å². The highest BCUT2D eigenvalue weighted by molar-refractivity contribution is 5.59. The summed E-state index contributed by atoms with van der Waals surface area (Å²) in [6, 6.07) is 13.0. The van der Waals surface area contributed by atoms with E-state index in [0.29, 0.717) is 5.92 Å². The van der Waals surface area contributed by atoms with E-state index in [0.717, 1.165) is 30.9 Å². The van der Waals surface area contributed by atoms with Gasteiger partial charge < -0.3 is 19.5 Å². The van der Waals surface area contributed by atoms with Gasteiger partial charge in [-0.15, -0.1) is 0 Å². The minimum atomic E-state index is 0.156. The maximum Gasteiger partial charge on any atom is 0.161 e. The number of hydrogen-bond donors (Lipinski definition) is 1. The Hall–Kier alpha value is -2.20. The summed E-state index contributed by atoms with van der Waals surface area (Å²) in [5.41, 5.74) is 4.96. The zero-order chi connectivity index (χ0) is 17.4. The molecule has 0 saturated carbocycles. The maximum atomic E-state index is 6.22. The Balaban J connectivity index is 1.76. The predicted molar refractivity (Wildman–Crippen MR) is 98.5 cm³/mol. The largest absolute Gasteiger partial charge is 0.493 e. The first-order valence-corrected chi connectivity index (χ1v) is 8.92. The van der Waals surface area contributed by atoms with E-state index in [-0.39, 0.29) is 12.1 Å². The molecule has 0 bridgehead atoms. The fourth-order valence-electron chi connectivity index (χ4n) is 4.17. The van der Waals surface area contributed by atoms with Crippen LogP contribution in [0.2, 0.25) is 0 Å². The molecule has 0 amide bonds. The van der Waals surface area contributed by atoms with Crippen molar-refractivity contribution in [2.45, 2.75) is 31.9 Å². The fourth-order valence-corrected chi connectivity index (χ4v) is 4.17. The zero-order valence-electron chi connectivity index (χ0n) is 15.0. The lowest BCUT2D eigenvalue weighted by molar-refractivity contribution is -0.0381. The van der Waals surface area contributed by atoms with E-state index < -0.39 is 0 Å². The first-order chi connectivity index (χ1) is 12.2. The summed E-state index contributed by atoms with van der Waals surface area (Å²) in [5.74, 6) is 1.94. The molecule has 4 rings (SSSR count). The monoisotopic (exact) mass is 339 g/mol. The summed E-state index contributed by atoms with van der Waals surface area (Å²) < 4.78 is 17.1. The number of benzene rings is 2. The van der Waals surface area contributed by atoms with Gasteiger partial charge in [0.2, 0.25) is 0 Å². The first kappa shape index (κ1) is 16.3. The fraction of sp³-hybridized carbons (Fsp3) is 0.429. The van der Waals surface area contributed by atoms with Crippen LogP contribution in [0.4, 0.5) is 5.69 Å². The lowest BCUT2D eigenvalue weighted by Crippen LogP contribution is -2.36. The normalized spacial score (nSPS) is 24.7. The maximum absolute atomic E-state index is 6.22. The minimum absolute atomic E-state index is 0.156. The van der Waals surface area contributed by atoms with Gasteiger partial charge in [0.1, 0.15) is 0 Å². The highest BCUT2D eigenvalue weighted by Crippen LogP contribution is 2.49. The highest BCUT2D eigenvalue weighted by Gasteiger charge is 2.40. The summed E-state index contributed by atoms with van der Waals surface area (Å²) in [7, 11) is 3.35. The van der Waals surface area contributed by atoms with Crippen LogP contribution < -0.4 is 14.8 Å². The Bertz CT molecular complexity index is 774. The quantitative estimate of drug-likeness (QED) is 0.884. The number of anilines is 1. The summed E-state index contributed by atoms with van der Waals surface area (Å²) in [6.45, 7) is 2.98. The van der Waals surface area contributed by atoms with Gasteiger partial charge in [0, 0.05) is 23.8 Å². The Morgan fingerprint density at radius 1 is 1.04 bits per heavy atom. The molecule has 132 valence electrons. The predicted octanol–water partition coefficient (Wildman–Crippen LogP) is 4.65. The Labute approximate surface area is 149 Å². The van der Waals surface area contributed by atoms with Gasteiger partial charge in [-0.3, -0.25) is 0 Å². The van der Waals surface area contributed by atoms with Crippen LogP contribution >= 0.6 is 0 Å². The highest BCUT2D eigenvalue weighted by atomic mass is 16.5. The Morgan fingerprint density at radius 2 is 1.88 bits per heavy atom. The smallest absolute Gasteiger partial charge is 0.161 e. The average molecular weight is 339 g/mol. The van der Waals surface area contributed by atoms with Crippen molar-refractivity contribution in [1.29, 1.82) is 0 Å². The number of ether oxygens (including phenoxy) is 3. The van der Waals surface area contributed by atoms with Gasteiger partial charge in [-0.1, -0.05) is 23.8 Å². The number of hydrogen-bond acceptors (Lipinski definition) is 4. The lowest BCUT2D eigenvalue weighted by atomic mass is 9.77. The molecule has 4 heteroatoms. The van der Waals surface area contributed by atoms with Crippen molar-refractivity contribution < 1.29 is 14.2 Å². The van der Waals surface area contributed by atoms with Gasteiger partial charge in [0.15, 0.2) is 11.5 Å². The van der Waals surface area contributed by atoms with Crippen molar-refractivity contribution in [3.05, 3.63) is 53.1 Å². The molecule has 0 aromatic heterocycles. The van der Waals surface area contributed by atoms with E-state index >= 15 is 0 Å². The van der Waals surface area contributed by atoms with Crippen LogP contribution in [0.3, 0.4) is 0 Å². The molecule has 2 aliphatic heterocycles. The Morgan fingerprint density at radius 3 is 2.68 bits per heavy atom. The van der Waals surface area contributed by atoms with E-state index in [1.807, 2.05) is 6.07 Å². The molecular weight excluding hydrogens is 314 g/mol. The Kier molecular flexibility index (Phi) is 4.30. The number of methoxy groups -OCH3 is 2. The minimum Gasteiger partial charge on any atom is -0.493 e. The van der Waals surface area contributed by atoms with Gasteiger partial charge >= 0.3 is 0 Å². The van der Waals surface area contributed by atoms with Gasteiger partial charge in [-0.05, 0) is 43.5 Å². The molecule has 3 atom stereocenters. The van der Waals surface area contributed by atoms with Gasteiger partial charge in [-0.2, -0.15) is 0 Å². The lowest BCUT2D eigenvalue weighted by Gasteiger charge is -2.43. The van der Waals surface area contributed by atoms with Crippen molar-refractivity contribution in [1.82, 2.24) is 0 Å². The van der Waals surface area contributed by atoms with Crippen LogP contribution in [0, 0.1) is 12.8 Å². The molecule has 1 N–H and O–H groups in total. The van der Waals surface area contributed by atoms with E-state index in [4.69, 9.17) is 14.2 Å². The summed E-state index contributed by atoms with van der Waals surface area (Å²) in [5, 5.41) is 3.75. The molecule has 0 unspecified atom stereocenters. The SMILES string of the molecule is COc1ccc([C@H]2Nc3ccc(C)cc3[C@H]3OCCC[C@@H]23)cc1OC. The molecule has 1 fully saturated rings. The molecule has 2 aromatic rings. The number of rotatable bonds is 3. The van der Waals surface area contributed by atoms with Crippen LogP contribution in [-0.4, -0.2) is 20.8 Å². The first-order valence-electron chi connectivity index (χ1n) is 8.92. The van der Waals surface area contributed by atoms with Gasteiger partial charge in [0.05, 0.1) is 26.4 Å². The standard InChI is InChI=1S/C21H25NO3/c1-13-6-8-17-16(11-13)21-15(5-4-10-25-21)20(22-17)14-7-9-18(23-2)19(12-14)24-3/h6-9,11-12,15,20-22H,4-5,10H2,1-3H3/t15-,20+,21-/m0/s1. The molecule has 1 saturated heterocycles. The number of nitrogens with one attached hydrogen (secondary N) is 1. The average Bonchev–Trinajstić information content (AvgIpc) is 2.67. The molecule has 0 spiro atoms. The molecule has 0 radical (unpaired) electrons. The van der Waals surface area contributed by atoms with Gasteiger partial charge in [-0.25, -0.2) is 0 Å². The summed E-state index contributed by atoms with van der Waals surface area (Å²) >= 11 is 0. The van der Waals surface area contributed by atoms with Crippen LogP contribution in [0.1, 0.15) is 41.7 Å². The second-order valence-corrected chi connectivity index (χ2v) is 6.92. The third-order valence-electron chi connectivity index (χ3n) is 5.39. The second-order valence-electron chi connectivity index (χ2n) is 6.92. The van der Waals surface area contributed by atoms with Gasteiger partial charge in [0.25, 0.3) is 0 Å². The van der Waals surface area contributed by atoms with E-state index in [1.165, 1.54) is 22.4 Å². The molecule has 2 aliphatic rings. The number of fused-ring (bicyclic) bond motifs is 3. The van der Waals surface area contributed by atoms with E-state index in [1.54, 1.807) is 14.2 Å². The third-order valence-corrected chi connectivity index (χ3v) is 5.39. The zero-order valence-corrected chi connectivity index (χ0v) is 15.0. The van der Waals surface area contributed by atoms with Crippen molar-refractivity contribution in [3.63, 3.8) is 0 Å². The molecular formula is C21H25NO3. The van der Waals surface area contributed by atoms with Crippen LogP contribution in [-0.2, 0) is 4.74 Å². The van der Waals surface area contributed by atoms with Crippen molar-refractivity contribution in [2.75, 3.05) is 26.1 Å². The second kappa shape index (κ2) is 6.60. The molecule has 2 aromatic carbocycles. The molecule has 4 nitrogen and oxygen atoms in total. The molecule has 2 heterocycles. The van der Waals surface area contributed by atoms with E-state index in [9.17, 15) is 0 Å². The third kappa shape index (κ3) is 2.85. The van der Waals surface area contributed by atoms with Crippen LogP contribution in [0.25, 0.3) is 0 Å². The van der Waals surface area contributed by atoms with Crippen LogP contribution in [0.5, 0.6) is 11.5 Å². The topological polar surface area (TPSA) is 39.7 Å². The van der Waals surface area contributed by atoms with Crippen LogP contribution in [0.15, 0.2) is 36.4 Å². The summed E-state index contributed by atoms with van der Waals surface area (Å²) in [6.07, 6.45) is 2.42. The van der Waals surface area contributed by atoms with Crippen molar-refractivity contribution >= 4 is 5.69 Å². The van der Waals surface area contributed by atoms with E-state index in [2.05, 4.69) is 42.6 Å². The summed E-state index contributed by atoms with van der Waals surface area (Å²) in [4.78, 5) is 0. The van der Waals surface area contributed by atoms with Crippen molar-refractivity contribution in [3.8, 4) is 11.5 Å².